The molecule has 0 spiro atoms. The summed E-state index contributed by atoms with van der Waals surface area (Å²) in [6, 6.07) is 4.29. The van der Waals surface area contributed by atoms with E-state index in [1.807, 2.05) is 37.9 Å². The van der Waals surface area contributed by atoms with Gasteiger partial charge in [-0.25, -0.2) is 4.79 Å². The lowest BCUT2D eigenvalue weighted by molar-refractivity contribution is 0.0229. The van der Waals surface area contributed by atoms with Gasteiger partial charge >= 0.3 is 6.09 Å². The van der Waals surface area contributed by atoms with Gasteiger partial charge in [0.1, 0.15) is 5.60 Å². The van der Waals surface area contributed by atoms with Crippen molar-refractivity contribution in [3.8, 4) is 0 Å². The van der Waals surface area contributed by atoms with Crippen molar-refractivity contribution in [1.82, 2.24) is 9.88 Å². The van der Waals surface area contributed by atoms with E-state index in [9.17, 15) is 4.79 Å². The van der Waals surface area contributed by atoms with E-state index in [2.05, 4.69) is 16.0 Å². The smallest absolute Gasteiger partial charge is 0.410 e. The van der Waals surface area contributed by atoms with Gasteiger partial charge in [0.15, 0.2) is 0 Å². The molecule has 5 nitrogen and oxygen atoms in total. The van der Waals surface area contributed by atoms with Gasteiger partial charge in [-0.15, -0.1) is 0 Å². The lowest BCUT2D eigenvalue weighted by Gasteiger charge is -2.28. The molecule has 0 aliphatic carbocycles. The Morgan fingerprint density at radius 1 is 1.38 bits per heavy atom. The highest BCUT2D eigenvalue weighted by Crippen LogP contribution is 2.34. The minimum Gasteiger partial charge on any atom is -0.444 e. The molecule has 2 atom stereocenters. The number of ether oxygens (including phenoxy) is 1. The Bertz CT molecular complexity index is 512. The number of rotatable bonds is 1. The highest BCUT2D eigenvalue weighted by molar-refractivity contribution is 5.69. The summed E-state index contributed by atoms with van der Waals surface area (Å²) in [5.74, 6) is 0.540. The van der Waals surface area contributed by atoms with Gasteiger partial charge in [-0.05, 0) is 39.3 Å². The average Bonchev–Trinajstić information content (AvgIpc) is 2.96. The second kappa shape index (κ2) is 5.20. The third kappa shape index (κ3) is 2.96. The van der Waals surface area contributed by atoms with Crippen molar-refractivity contribution in [2.45, 2.75) is 38.8 Å². The van der Waals surface area contributed by atoms with Crippen molar-refractivity contribution in [3.05, 3.63) is 24.5 Å². The molecular weight excluding hydrogens is 266 g/mol. The number of likely N-dealkylation sites (tertiary alicyclic amines) is 1. The van der Waals surface area contributed by atoms with E-state index in [0.29, 0.717) is 5.92 Å². The molecule has 2 aliphatic rings. The van der Waals surface area contributed by atoms with Gasteiger partial charge in [-0.3, -0.25) is 4.98 Å². The fraction of sp³-hybridized carbons (Fsp3) is 0.625. The van der Waals surface area contributed by atoms with Crippen LogP contribution < -0.4 is 4.90 Å². The van der Waals surface area contributed by atoms with Gasteiger partial charge in [-0.2, -0.15) is 0 Å². The maximum atomic E-state index is 12.3. The van der Waals surface area contributed by atoms with Crippen molar-refractivity contribution in [2.24, 2.45) is 5.92 Å². The number of carbonyl (C=O) groups excluding carboxylic acids is 1. The molecule has 1 aromatic rings. The fourth-order valence-corrected chi connectivity index (χ4v) is 3.26. The number of amides is 1. The van der Waals surface area contributed by atoms with Crippen LogP contribution in [0.5, 0.6) is 0 Å². The zero-order valence-electron chi connectivity index (χ0n) is 13.0. The van der Waals surface area contributed by atoms with Crippen molar-refractivity contribution in [1.29, 1.82) is 0 Å². The molecule has 2 aliphatic heterocycles. The average molecular weight is 289 g/mol. The number of carbonyl (C=O) groups is 1. The topological polar surface area (TPSA) is 45.7 Å². The molecule has 0 aromatic carbocycles. The second-order valence-electron chi connectivity index (χ2n) is 6.91. The van der Waals surface area contributed by atoms with Crippen molar-refractivity contribution >= 4 is 11.8 Å². The lowest BCUT2D eigenvalue weighted by Crippen LogP contribution is -2.42. The monoisotopic (exact) mass is 289 g/mol. The first kappa shape index (κ1) is 14.2. The molecule has 0 unspecified atom stereocenters. The standard InChI is InChI=1S/C16H23N3O2/c1-16(2,3)21-15(20)19-8-6-12-10-18(11-14(12)19)13-5-4-7-17-9-13/h4-5,7,9,12,14H,6,8,10-11H2,1-3H3/t12-,14+/m0/s1. The van der Waals surface area contributed by atoms with Gasteiger partial charge in [0.2, 0.25) is 0 Å². The number of aromatic nitrogens is 1. The van der Waals surface area contributed by atoms with Crippen LogP contribution in [0.25, 0.3) is 0 Å². The molecule has 0 radical (unpaired) electrons. The first-order valence-corrected chi connectivity index (χ1v) is 7.58. The summed E-state index contributed by atoms with van der Waals surface area (Å²) in [5, 5.41) is 0. The highest BCUT2D eigenvalue weighted by Gasteiger charge is 2.44. The number of anilines is 1. The van der Waals surface area contributed by atoms with Crippen molar-refractivity contribution < 1.29 is 9.53 Å². The Kier molecular flexibility index (Phi) is 3.51. The van der Waals surface area contributed by atoms with Gasteiger partial charge in [-0.1, -0.05) is 0 Å². The SMILES string of the molecule is CC(C)(C)OC(=O)N1CC[C@H]2CN(c3cccnc3)C[C@H]21. The summed E-state index contributed by atoms with van der Waals surface area (Å²) in [7, 11) is 0. The summed E-state index contributed by atoms with van der Waals surface area (Å²) in [6.45, 7) is 8.41. The van der Waals surface area contributed by atoms with Crippen LogP contribution in [0.1, 0.15) is 27.2 Å². The van der Waals surface area contributed by atoms with Crippen molar-refractivity contribution in [3.63, 3.8) is 0 Å². The zero-order valence-corrected chi connectivity index (χ0v) is 13.0. The number of hydrogen-bond acceptors (Lipinski definition) is 4. The molecule has 21 heavy (non-hydrogen) atoms. The van der Waals surface area contributed by atoms with Crippen LogP contribution in [-0.4, -0.2) is 47.3 Å². The number of fused-ring (bicyclic) bond motifs is 1. The van der Waals surface area contributed by atoms with E-state index in [1.54, 1.807) is 6.20 Å². The van der Waals surface area contributed by atoms with Gasteiger partial charge in [0.25, 0.3) is 0 Å². The molecule has 0 bridgehead atoms. The normalized spacial score (nSPS) is 25.1. The molecule has 3 rings (SSSR count). The first-order chi connectivity index (χ1) is 9.94. The lowest BCUT2D eigenvalue weighted by atomic mass is 10.1. The maximum absolute atomic E-state index is 12.3. The Balaban J connectivity index is 1.68. The van der Waals surface area contributed by atoms with Gasteiger partial charge < -0.3 is 14.5 Å². The predicted molar refractivity (Wildman–Crippen MR) is 81.3 cm³/mol. The molecule has 5 heteroatoms. The quantitative estimate of drug-likeness (QED) is 0.797. The molecule has 0 N–H and O–H groups in total. The van der Waals surface area contributed by atoms with Crippen LogP contribution in [-0.2, 0) is 4.74 Å². The number of hydrogen-bond donors (Lipinski definition) is 0. The van der Waals surface area contributed by atoms with Crippen LogP contribution in [0.3, 0.4) is 0 Å². The molecule has 114 valence electrons. The molecule has 2 saturated heterocycles. The molecule has 3 heterocycles. The summed E-state index contributed by atoms with van der Waals surface area (Å²) < 4.78 is 5.53. The fourth-order valence-electron chi connectivity index (χ4n) is 3.26. The highest BCUT2D eigenvalue weighted by atomic mass is 16.6. The largest absolute Gasteiger partial charge is 0.444 e. The molecular formula is C16H23N3O2. The molecule has 2 fully saturated rings. The van der Waals surface area contributed by atoms with Crippen LogP contribution in [0.4, 0.5) is 10.5 Å². The van der Waals surface area contributed by atoms with Crippen LogP contribution in [0.2, 0.25) is 0 Å². The summed E-state index contributed by atoms with van der Waals surface area (Å²) >= 11 is 0. The summed E-state index contributed by atoms with van der Waals surface area (Å²) in [5.41, 5.74) is 0.702. The predicted octanol–water partition coefficient (Wildman–Crippen LogP) is 2.53. The van der Waals surface area contributed by atoms with Crippen LogP contribution in [0.15, 0.2) is 24.5 Å². The minimum atomic E-state index is -0.434. The zero-order chi connectivity index (χ0) is 15.0. The third-order valence-electron chi connectivity index (χ3n) is 4.19. The minimum absolute atomic E-state index is 0.178. The van der Waals surface area contributed by atoms with Crippen LogP contribution in [0, 0.1) is 5.92 Å². The molecule has 1 amide bonds. The second-order valence-corrected chi connectivity index (χ2v) is 6.91. The van der Waals surface area contributed by atoms with E-state index >= 15 is 0 Å². The Morgan fingerprint density at radius 2 is 2.19 bits per heavy atom. The summed E-state index contributed by atoms with van der Waals surface area (Å²) in [4.78, 5) is 20.7. The van der Waals surface area contributed by atoms with E-state index in [0.717, 1.165) is 31.7 Å². The van der Waals surface area contributed by atoms with Crippen LogP contribution >= 0.6 is 0 Å². The van der Waals surface area contributed by atoms with Crippen molar-refractivity contribution in [2.75, 3.05) is 24.5 Å². The van der Waals surface area contributed by atoms with E-state index in [1.165, 1.54) is 0 Å². The maximum Gasteiger partial charge on any atom is 0.410 e. The van der Waals surface area contributed by atoms with Gasteiger partial charge in [0, 0.05) is 31.7 Å². The third-order valence-corrected chi connectivity index (χ3v) is 4.19. The van der Waals surface area contributed by atoms with Gasteiger partial charge in [0.05, 0.1) is 17.9 Å². The first-order valence-electron chi connectivity index (χ1n) is 7.58. The molecule has 0 saturated carbocycles. The van der Waals surface area contributed by atoms with E-state index in [4.69, 9.17) is 4.74 Å². The Labute approximate surface area is 125 Å². The molecule has 1 aromatic heterocycles. The Hall–Kier alpha value is -1.78. The summed E-state index contributed by atoms with van der Waals surface area (Å²) in [6.07, 6.45) is 4.55. The van der Waals surface area contributed by atoms with E-state index < -0.39 is 5.60 Å². The number of nitrogens with zero attached hydrogens (tertiary/aromatic N) is 3. The Morgan fingerprint density at radius 3 is 2.86 bits per heavy atom. The number of pyridine rings is 1. The van der Waals surface area contributed by atoms with E-state index in [-0.39, 0.29) is 12.1 Å².